The highest BCUT2D eigenvalue weighted by molar-refractivity contribution is 7.58. The van der Waals surface area contributed by atoms with Gasteiger partial charge in [0.05, 0.1) is 18.7 Å². The number of carbonyl (C=O) groups is 1. The van der Waals surface area contributed by atoms with Gasteiger partial charge in [0.1, 0.15) is 0 Å². The zero-order valence-corrected chi connectivity index (χ0v) is 16.9. The second-order valence-electron chi connectivity index (χ2n) is 7.81. The van der Waals surface area contributed by atoms with E-state index in [0.717, 1.165) is 36.8 Å². The molecule has 1 aliphatic carbocycles. The van der Waals surface area contributed by atoms with E-state index in [9.17, 15) is 19.4 Å². The van der Waals surface area contributed by atoms with E-state index in [1.165, 1.54) is 6.42 Å². The fourth-order valence-electron chi connectivity index (χ4n) is 3.77. The molecule has 0 amide bonds. The Hall–Kier alpha value is -1.20. The van der Waals surface area contributed by atoms with Crippen LogP contribution in [-0.2, 0) is 15.8 Å². The molecule has 0 radical (unpaired) electrons. The molecule has 0 aliphatic heterocycles. The average molecular weight is 397 g/mol. The zero-order valence-electron chi connectivity index (χ0n) is 16.0. The maximum absolute atomic E-state index is 12.5. The van der Waals surface area contributed by atoms with Crippen LogP contribution < -0.4 is 5.32 Å². The molecule has 152 valence electrons. The van der Waals surface area contributed by atoms with Crippen LogP contribution in [0.25, 0.3) is 0 Å². The molecule has 2 rings (SSSR count). The molecule has 7 heteroatoms. The van der Waals surface area contributed by atoms with Crippen molar-refractivity contribution in [3.63, 3.8) is 0 Å². The zero-order chi connectivity index (χ0) is 19.9. The van der Waals surface area contributed by atoms with Gasteiger partial charge in [-0.25, -0.2) is 0 Å². The fourth-order valence-corrected chi connectivity index (χ4v) is 5.88. The van der Waals surface area contributed by atoms with Gasteiger partial charge in [-0.15, -0.1) is 0 Å². The van der Waals surface area contributed by atoms with Gasteiger partial charge in [0.2, 0.25) is 7.37 Å². The number of aliphatic carboxylic acids is 1. The van der Waals surface area contributed by atoms with Gasteiger partial charge in [0.25, 0.3) is 0 Å². The smallest absolute Gasteiger partial charge is 0.307 e. The molecule has 0 heterocycles. The predicted molar refractivity (Wildman–Crippen MR) is 106 cm³/mol. The number of nitrogens with one attached hydrogen (secondary N) is 1. The van der Waals surface area contributed by atoms with E-state index in [0.29, 0.717) is 12.1 Å². The van der Waals surface area contributed by atoms with Gasteiger partial charge in [-0.3, -0.25) is 9.36 Å². The number of aliphatic hydroxyl groups excluding tert-OH is 1. The van der Waals surface area contributed by atoms with Crippen LogP contribution in [0, 0.1) is 5.92 Å². The van der Waals surface area contributed by atoms with Crippen molar-refractivity contribution in [1.29, 1.82) is 0 Å². The molecule has 0 aromatic heterocycles. The molecule has 0 bridgehead atoms. The summed E-state index contributed by atoms with van der Waals surface area (Å²) >= 11 is 0. The van der Waals surface area contributed by atoms with Gasteiger partial charge in [-0.1, -0.05) is 43.5 Å². The Labute approximate surface area is 161 Å². The van der Waals surface area contributed by atoms with Gasteiger partial charge in [0.15, 0.2) is 0 Å². The summed E-state index contributed by atoms with van der Waals surface area (Å²) in [4.78, 5) is 21.0. The van der Waals surface area contributed by atoms with Crippen LogP contribution in [0.4, 0.5) is 0 Å². The van der Waals surface area contributed by atoms with Crippen LogP contribution in [0.5, 0.6) is 0 Å². The first-order valence-corrected chi connectivity index (χ1v) is 11.8. The van der Waals surface area contributed by atoms with Crippen molar-refractivity contribution in [2.45, 2.75) is 57.6 Å². The minimum Gasteiger partial charge on any atom is -0.481 e. The molecule has 3 unspecified atom stereocenters. The standard InChI is InChI=1S/C20H32NO5P/c1-15(18-9-7-16(8-10-18)11-20(23)24)21-12-19(22)14-27(25,26)13-17-5-3-2-4-6-17/h7-10,15,17,19,21-22H,2-6,11-14H2,1H3,(H,23,24)(H,25,26). The largest absolute Gasteiger partial charge is 0.481 e. The SMILES string of the molecule is CC(NCC(O)CP(=O)(O)CC1CCCCC1)c1ccc(CC(=O)O)cc1. The lowest BCUT2D eigenvalue weighted by Crippen LogP contribution is -2.32. The summed E-state index contributed by atoms with van der Waals surface area (Å²) < 4.78 is 12.5. The van der Waals surface area contributed by atoms with Crippen molar-refractivity contribution >= 4 is 13.3 Å². The minimum absolute atomic E-state index is 0.00637. The van der Waals surface area contributed by atoms with E-state index in [-0.39, 0.29) is 25.2 Å². The van der Waals surface area contributed by atoms with Gasteiger partial charge in [0, 0.05) is 18.7 Å². The topological polar surface area (TPSA) is 107 Å². The van der Waals surface area contributed by atoms with Crippen molar-refractivity contribution in [1.82, 2.24) is 5.32 Å². The monoisotopic (exact) mass is 397 g/mol. The quantitative estimate of drug-likeness (QED) is 0.452. The summed E-state index contributed by atoms with van der Waals surface area (Å²) in [7, 11) is -3.31. The minimum atomic E-state index is -3.31. The Balaban J connectivity index is 1.77. The molecule has 6 nitrogen and oxygen atoms in total. The van der Waals surface area contributed by atoms with Gasteiger partial charge in [-0.05, 0) is 36.8 Å². The van der Waals surface area contributed by atoms with Crippen LogP contribution in [0.15, 0.2) is 24.3 Å². The molecule has 0 saturated heterocycles. The van der Waals surface area contributed by atoms with Crippen molar-refractivity contribution in [3.8, 4) is 0 Å². The lowest BCUT2D eigenvalue weighted by atomic mass is 9.91. The van der Waals surface area contributed by atoms with Crippen molar-refractivity contribution in [2.75, 3.05) is 18.9 Å². The molecule has 1 aromatic carbocycles. The Morgan fingerprint density at radius 1 is 1.22 bits per heavy atom. The first-order chi connectivity index (χ1) is 12.7. The van der Waals surface area contributed by atoms with Crippen LogP contribution in [-0.4, -0.2) is 46.0 Å². The Morgan fingerprint density at radius 3 is 2.44 bits per heavy atom. The molecular formula is C20H32NO5P. The number of carboxylic acid groups (broad SMARTS) is 1. The first kappa shape index (κ1) is 22.1. The summed E-state index contributed by atoms with van der Waals surface area (Å²) in [5, 5.41) is 22.2. The summed E-state index contributed by atoms with van der Waals surface area (Å²) in [6.07, 6.45) is 4.92. The van der Waals surface area contributed by atoms with Crippen LogP contribution >= 0.6 is 7.37 Å². The van der Waals surface area contributed by atoms with E-state index in [1.54, 1.807) is 12.1 Å². The second kappa shape index (κ2) is 10.4. The third-order valence-corrected chi connectivity index (χ3v) is 7.34. The summed E-state index contributed by atoms with van der Waals surface area (Å²) in [6, 6.07) is 7.24. The van der Waals surface area contributed by atoms with Gasteiger partial charge in [-0.2, -0.15) is 0 Å². The number of hydrogen-bond acceptors (Lipinski definition) is 4. The molecule has 3 atom stereocenters. The molecule has 1 saturated carbocycles. The van der Waals surface area contributed by atoms with E-state index >= 15 is 0 Å². The Morgan fingerprint density at radius 2 is 1.85 bits per heavy atom. The van der Waals surface area contributed by atoms with Crippen molar-refractivity contribution < 1.29 is 24.5 Å². The van der Waals surface area contributed by atoms with Crippen molar-refractivity contribution in [2.24, 2.45) is 5.92 Å². The summed E-state index contributed by atoms with van der Waals surface area (Å²) in [5.41, 5.74) is 1.72. The average Bonchev–Trinajstić information content (AvgIpc) is 2.60. The van der Waals surface area contributed by atoms with E-state index < -0.39 is 19.4 Å². The van der Waals surface area contributed by atoms with Gasteiger partial charge < -0.3 is 20.4 Å². The molecule has 27 heavy (non-hydrogen) atoms. The number of carboxylic acids is 1. The summed E-state index contributed by atoms with van der Waals surface area (Å²) in [6.45, 7) is 2.19. The van der Waals surface area contributed by atoms with Crippen LogP contribution in [0.3, 0.4) is 0 Å². The number of rotatable bonds is 10. The van der Waals surface area contributed by atoms with E-state index in [2.05, 4.69) is 5.32 Å². The highest BCUT2D eigenvalue weighted by atomic mass is 31.2. The normalized spacial score (nSPS) is 20.0. The molecule has 1 fully saturated rings. The second-order valence-corrected chi connectivity index (χ2v) is 10.2. The number of hydrogen-bond donors (Lipinski definition) is 4. The van der Waals surface area contributed by atoms with Gasteiger partial charge >= 0.3 is 5.97 Å². The third kappa shape index (κ3) is 8.14. The highest BCUT2D eigenvalue weighted by Crippen LogP contribution is 2.45. The number of aliphatic hydroxyl groups is 1. The van der Waals surface area contributed by atoms with Crippen molar-refractivity contribution in [3.05, 3.63) is 35.4 Å². The van der Waals surface area contributed by atoms with Crippen LogP contribution in [0.2, 0.25) is 0 Å². The molecule has 4 N–H and O–H groups in total. The van der Waals surface area contributed by atoms with E-state index in [4.69, 9.17) is 5.11 Å². The number of benzene rings is 1. The Kier molecular flexibility index (Phi) is 8.49. The molecular weight excluding hydrogens is 365 g/mol. The predicted octanol–water partition coefficient (Wildman–Crippen LogP) is 3.18. The van der Waals surface area contributed by atoms with E-state index in [1.807, 2.05) is 19.1 Å². The molecule has 1 aliphatic rings. The van der Waals surface area contributed by atoms with Crippen LogP contribution in [0.1, 0.15) is 56.2 Å². The highest BCUT2D eigenvalue weighted by Gasteiger charge is 2.28. The molecule has 1 aromatic rings. The maximum atomic E-state index is 12.5. The summed E-state index contributed by atoms with van der Waals surface area (Å²) in [5.74, 6) is -0.545. The molecule has 0 spiro atoms. The fraction of sp³-hybridized carbons (Fsp3) is 0.650. The first-order valence-electron chi connectivity index (χ1n) is 9.78. The maximum Gasteiger partial charge on any atom is 0.307 e. The third-order valence-electron chi connectivity index (χ3n) is 5.26. The lowest BCUT2D eigenvalue weighted by molar-refractivity contribution is -0.136. The lowest BCUT2D eigenvalue weighted by Gasteiger charge is -2.25. The Bertz CT molecular complexity index is 642.